The Balaban J connectivity index is 1.31. The first-order valence-electron chi connectivity index (χ1n) is 12.7. The fourth-order valence-electron chi connectivity index (χ4n) is 5.12. The van der Waals surface area contributed by atoms with Crippen molar-refractivity contribution in [2.45, 2.75) is 26.1 Å². The number of alkyl halides is 3. The molecule has 1 aliphatic heterocycles. The van der Waals surface area contributed by atoms with Crippen molar-refractivity contribution in [2.24, 2.45) is 0 Å². The van der Waals surface area contributed by atoms with E-state index in [0.29, 0.717) is 48.9 Å². The largest absolute Gasteiger partial charge is 0.494 e. The van der Waals surface area contributed by atoms with E-state index in [2.05, 4.69) is 44.1 Å². The molecule has 202 valence electrons. The zero-order chi connectivity index (χ0) is 27.3. The SMILES string of the molecule is CC(C)N1CCN(c2ccc(Nc3ncc(-c4ccc5c(O)[nH]cc5c4)n4ncnc34)cc2C(F)(F)F)CC1. The Labute approximate surface area is 221 Å². The number of hydrogen-bond acceptors (Lipinski definition) is 7. The number of hydrogen-bond donors (Lipinski definition) is 3. The van der Waals surface area contributed by atoms with Gasteiger partial charge in [-0.2, -0.15) is 18.3 Å². The van der Waals surface area contributed by atoms with E-state index in [1.54, 1.807) is 33.9 Å². The normalized spacial score (nSPS) is 15.1. The molecule has 1 saturated heterocycles. The molecule has 0 radical (unpaired) electrons. The summed E-state index contributed by atoms with van der Waals surface area (Å²) in [4.78, 5) is 15.6. The predicted molar refractivity (Wildman–Crippen MR) is 143 cm³/mol. The maximum atomic E-state index is 14.2. The first kappa shape index (κ1) is 25.0. The van der Waals surface area contributed by atoms with Gasteiger partial charge >= 0.3 is 6.18 Å². The van der Waals surface area contributed by atoms with Gasteiger partial charge in [0.2, 0.25) is 0 Å². The van der Waals surface area contributed by atoms with Gasteiger partial charge in [0.05, 0.1) is 17.5 Å². The third kappa shape index (κ3) is 4.60. The van der Waals surface area contributed by atoms with Crippen molar-refractivity contribution >= 4 is 33.6 Å². The molecule has 2 aromatic carbocycles. The number of halogens is 3. The van der Waals surface area contributed by atoms with Crippen LogP contribution in [-0.2, 0) is 6.18 Å². The van der Waals surface area contributed by atoms with Gasteiger partial charge in [-0.15, -0.1) is 0 Å². The molecule has 39 heavy (non-hydrogen) atoms. The molecule has 0 atom stereocenters. The van der Waals surface area contributed by atoms with Gasteiger partial charge in [-0.1, -0.05) is 6.07 Å². The number of rotatable bonds is 5. The molecule has 6 rings (SSSR count). The monoisotopic (exact) mass is 536 g/mol. The standard InChI is InChI=1S/C27H27F3N8O/c1-16(2)36-7-9-37(10-8-36)22-6-4-19(12-21(22)27(28,29)30)35-24-25-33-15-34-38(25)23(14-31-24)17-3-5-20-18(11-17)13-32-26(20)39/h3-6,11-16,32,39H,7-10H2,1-2H3,(H,31,35). The van der Waals surface area contributed by atoms with Gasteiger partial charge in [-0.05, 0) is 44.2 Å². The third-order valence-electron chi connectivity index (χ3n) is 7.22. The van der Waals surface area contributed by atoms with Crippen molar-refractivity contribution in [1.29, 1.82) is 0 Å². The van der Waals surface area contributed by atoms with Crippen LogP contribution in [0, 0.1) is 0 Å². The van der Waals surface area contributed by atoms with Crippen molar-refractivity contribution in [3.05, 3.63) is 60.7 Å². The van der Waals surface area contributed by atoms with Crippen molar-refractivity contribution in [2.75, 3.05) is 36.4 Å². The summed E-state index contributed by atoms with van der Waals surface area (Å²) in [7, 11) is 0. The second-order valence-corrected chi connectivity index (χ2v) is 9.90. The highest BCUT2D eigenvalue weighted by Crippen LogP contribution is 2.39. The Hall–Kier alpha value is -4.32. The minimum Gasteiger partial charge on any atom is -0.494 e. The lowest BCUT2D eigenvalue weighted by Gasteiger charge is -2.39. The summed E-state index contributed by atoms with van der Waals surface area (Å²) in [5, 5.41) is 18.7. The molecule has 1 fully saturated rings. The number of H-pyrrole nitrogens is 1. The van der Waals surface area contributed by atoms with E-state index >= 15 is 0 Å². The summed E-state index contributed by atoms with van der Waals surface area (Å²) in [6, 6.07) is 10.1. The Morgan fingerprint density at radius 1 is 1.03 bits per heavy atom. The lowest BCUT2D eigenvalue weighted by Crippen LogP contribution is -2.49. The third-order valence-corrected chi connectivity index (χ3v) is 7.22. The fourth-order valence-corrected chi connectivity index (χ4v) is 5.12. The number of anilines is 3. The summed E-state index contributed by atoms with van der Waals surface area (Å²) >= 11 is 0. The number of nitrogens with zero attached hydrogens (tertiary/aromatic N) is 6. The van der Waals surface area contributed by atoms with Crippen LogP contribution in [-0.4, -0.2) is 66.8 Å². The molecule has 0 saturated carbocycles. The van der Waals surface area contributed by atoms with Gasteiger partial charge < -0.3 is 20.3 Å². The number of aromatic amines is 1. The predicted octanol–water partition coefficient (Wildman–Crippen LogP) is 5.27. The first-order valence-corrected chi connectivity index (χ1v) is 12.7. The van der Waals surface area contributed by atoms with E-state index in [1.807, 2.05) is 12.1 Å². The van der Waals surface area contributed by atoms with Gasteiger partial charge in [0.1, 0.15) is 6.33 Å². The zero-order valence-corrected chi connectivity index (χ0v) is 21.4. The van der Waals surface area contributed by atoms with Crippen LogP contribution in [0.15, 0.2) is 55.1 Å². The van der Waals surface area contributed by atoms with E-state index in [1.165, 1.54) is 12.4 Å². The topological polar surface area (TPSA) is 97.6 Å². The Morgan fingerprint density at radius 2 is 1.82 bits per heavy atom. The molecule has 9 nitrogen and oxygen atoms in total. The molecule has 1 aliphatic rings. The van der Waals surface area contributed by atoms with Crippen molar-refractivity contribution in [1.82, 2.24) is 29.5 Å². The second-order valence-electron chi connectivity index (χ2n) is 9.90. The van der Waals surface area contributed by atoms with Gasteiger partial charge in [-0.25, -0.2) is 14.5 Å². The average Bonchev–Trinajstić information content (AvgIpc) is 3.56. The van der Waals surface area contributed by atoms with Crippen LogP contribution in [0.3, 0.4) is 0 Å². The maximum absolute atomic E-state index is 14.2. The molecule has 12 heteroatoms. The van der Waals surface area contributed by atoms with Crippen LogP contribution in [0.1, 0.15) is 19.4 Å². The highest BCUT2D eigenvalue weighted by molar-refractivity contribution is 5.91. The van der Waals surface area contributed by atoms with Crippen LogP contribution in [0.2, 0.25) is 0 Å². The van der Waals surface area contributed by atoms with Crippen LogP contribution in [0.5, 0.6) is 5.88 Å². The van der Waals surface area contributed by atoms with E-state index in [9.17, 15) is 18.3 Å². The molecule has 4 heterocycles. The van der Waals surface area contributed by atoms with E-state index in [-0.39, 0.29) is 23.1 Å². The molecule has 0 aliphatic carbocycles. The minimum atomic E-state index is -4.52. The number of nitrogens with one attached hydrogen (secondary N) is 2. The summed E-state index contributed by atoms with van der Waals surface area (Å²) in [5.41, 5.74) is 1.54. The minimum absolute atomic E-state index is 0.0854. The number of aromatic nitrogens is 5. The summed E-state index contributed by atoms with van der Waals surface area (Å²) in [6.07, 6.45) is 0.134. The molecule has 0 spiro atoms. The number of fused-ring (bicyclic) bond motifs is 2. The average molecular weight is 537 g/mol. The van der Waals surface area contributed by atoms with Crippen LogP contribution in [0.4, 0.5) is 30.4 Å². The lowest BCUT2D eigenvalue weighted by atomic mass is 10.1. The zero-order valence-electron chi connectivity index (χ0n) is 21.4. The molecule has 5 aromatic rings. The van der Waals surface area contributed by atoms with Crippen LogP contribution in [0.25, 0.3) is 27.7 Å². The Kier molecular flexibility index (Phi) is 6.06. The van der Waals surface area contributed by atoms with E-state index in [4.69, 9.17) is 0 Å². The molecule has 0 bridgehead atoms. The second kappa shape index (κ2) is 9.45. The van der Waals surface area contributed by atoms with Crippen molar-refractivity contribution in [3.63, 3.8) is 0 Å². The summed E-state index contributed by atoms with van der Waals surface area (Å²) < 4.78 is 44.1. The van der Waals surface area contributed by atoms with Crippen LogP contribution < -0.4 is 10.2 Å². The Morgan fingerprint density at radius 3 is 2.56 bits per heavy atom. The lowest BCUT2D eigenvalue weighted by molar-refractivity contribution is -0.137. The van der Waals surface area contributed by atoms with Gasteiger partial charge in [0.25, 0.3) is 0 Å². The van der Waals surface area contributed by atoms with Gasteiger partial charge in [0, 0.05) is 66.1 Å². The first-order chi connectivity index (χ1) is 18.7. The molecular weight excluding hydrogens is 509 g/mol. The maximum Gasteiger partial charge on any atom is 0.418 e. The highest BCUT2D eigenvalue weighted by atomic mass is 19.4. The van der Waals surface area contributed by atoms with Gasteiger partial charge in [0.15, 0.2) is 17.3 Å². The van der Waals surface area contributed by atoms with Crippen LogP contribution >= 0.6 is 0 Å². The highest BCUT2D eigenvalue weighted by Gasteiger charge is 2.36. The summed E-state index contributed by atoms with van der Waals surface area (Å²) in [5.74, 6) is 0.366. The number of aromatic hydroxyl groups is 1. The molecule has 0 amide bonds. The van der Waals surface area contributed by atoms with E-state index < -0.39 is 11.7 Å². The van der Waals surface area contributed by atoms with Crippen molar-refractivity contribution in [3.8, 4) is 17.1 Å². The van der Waals surface area contributed by atoms with Gasteiger partial charge in [-0.3, -0.25) is 4.90 Å². The fraction of sp³-hybridized carbons (Fsp3) is 0.296. The molecule has 0 unspecified atom stereocenters. The molecule has 3 N–H and O–H groups in total. The Bertz CT molecular complexity index is 1650. The van der Waals surface area contributed by atoms with E-state index in [0.717, 1.165) is 17.0 Å². The number of benzene rings is 2. The quantitative estimate of drug-likeness (QED) is 0.282. The smallest absolute Gasteiger partial charge is 0.418 e. The number of piperazine rings is 1. The molecular formula is C27H27F3N8O. The molecule has 3 aromatic heterocycles. The van der Waals surface area contributed by atoms with Crippen molar-refractivity contribution < 1.29 is 18.3 Å². The summed E-state index contributed by atoms with van der Waals surface area (Å²) in [6.45, 7) is 6.69.